The standard InChI is InChI=1S/C16H19BrFN3O/c1-2-19-16(20-8-7-14-4-3-9-22-14)21-11-12-10-13(17)5-6-15(12)18/h3-6,9-10H,2,7-8,11H2,1H3,(H2,19,20,21). The Kier molecular flexibility index (Phi) is 6.45. The lowest BCUT2D eigenvalue weighted by atomic mass is 10.2. The molecule has 6 heteroatoms. The molecule has 0 aliphatic heterocycles. The van der Waals surface area contributed by atoms with Gasteiger partial charge in [-0.05, 0) is 37.3 Å². The maximum atomic E-state index is 13.7. The van der Waals surface area contributed by atoms with Crippen molar-refractivity contribution < 1.29 is 8.81 Å². The van der Waals surface area contributed by atoms with E-state index in [0.717, 1.165) is 23.2 Å². The maximum Gasteiger partial charge on any atom is 0.191 e. The number of nitrogens with one attached hydrogen (secondary N) is 2. The molecular weight excluding hydrogens is 349 g/mol. The largest absolute Gasteiger partial charge is 0.469 e. The molecule has 0 amide bonds. The monoisotopic (exact) mass is 367 g/mol. The Hall–Kier alpha value is -1.82. The van der Waals surface area contributed by atoms with Gasteiger partial charge in [-0.25, -0.2) is 9.38 Å². The number of rotatable bonds is 6. The predicted octanol–water partition coefficient (Wildman–Crippen LogP) is 3.48. The molecule has 2 rings (SSSR count). The molecule has 22 heavy (non-hydrogen) atoms. The Morgan fingerprint density at radius 3 is 2.91 bits per heavy atom. The summed E-state index contributed by atoms with van der Waals surface area (Å²) in [4.78, 5) is 4.41. The van der Waals surface area contributed by atoms with Gasteiger partial charge in [0.25, 0.3) is 0 Å². The predicted molar refractivity (Wildman–Crippen MR) is 89.3 cm³/mol. The summed E-state index contributed by atoms with van der Waals surface area (Å²) in [7, 11) is 0. The number of hydrogen-bond acceptors (Lipinski definition) is 2. The van der Waals surface area contributed by atoms with Gasteiger partial charge in [0.15, 0.2) is 5.96 Å². The summed E-state index contributed by atoms with van der Waals surface area (Å²) in [5.41, 5.74) is 0.553. The van der Waals surface area contributed by atoms with E-state index in [-0.39, 0.29) is 12.4 Å². The van der Waals surface area contributed by atoms with E-state index >= 15 is 0 Å². The summed E-state index contributed by atoms with van der Waals surface area (Å²) in [6, 6.07) is 8.65. The highest BCUT2D eigenvalue weighted by molar-refractivity contribution is 9.10. The lowest BCUT2D eigenvalue weighted by Crippen LogP contribution is -2.38. The van der Waals surface area contributed by atoms with Gasteiger partial charge in [0.05, 0.1) is 12.8 Å². The maximum absolute atomic E-state index is 13.7. The smallest absolute Gasteiger partial charge is 0.191 e. The number of aliphatic imine (C=N–C) groups is 1. The van der Waals surface area contributed by atoms with Gasteiger partial charge in [0.2, 0.25) is 0 Å². The lowest BCUT2D eigenvalue weighted by Gasteiger charge is -2.11. The van der Waals surface area contributed by atoms with E-state index in [1.165, 1.54) is 6.07 Å². The first-order valence-corrected chi connectivity index (χ1v) is 7.97. The van der Waals surface area contributed by atoms with Crippen molar-refractivity contribution in [3.8, 4) is 0 Å². The second kappa shape index (κ2) is 8.58. The number of benzene rings is 1. The van der Waals surface area contributed by atoms with Crippen LogP contribution < -0.4 is 10.6 Å². The molecule has 1 aromatic carbocycles. The summed E-state index contributed by atoms with van der Waals surface area (Å²) in [6.45, 7) is 3.71. The molecule has 0 atom stereocenters. The Bertz CT molecular complexity index is 614. The molecule has 0 saturated carbocycles. The molecule has 1 aromatic heterocycles. The minimum atomic E-state index is -0.251. The highest BCUT2D eigenvalue weighted by Crippen LogP contribution is 2.16. The van der Waals surface area contributed by atoms with Crippen LogP contribution in [0.5, 0.6) is 0 Å². The van der Waals surface area contributed by atoms with E-state index in [9.17, 15) is 4.39 Å². The molecule has 0 saturated heterocycles. The Morgan fingerprint density at radius 1 is 1.32 bits per heavy atom. The molecule has 4 nitrogen and oxygen atoms in total. The Morgan fingerprint density at radius 2 is 2.18 bits per heavy atom. The zero-order chi connectivity index (χ0) is 15.8. The second-order valence-electron chi connectivity index (χ2n) is 4.69. The van der Waals surface area contributed by atoms with Crippen molar-refractivity contribution in [2.24, 2.45) is 4.99 Å². The van der Waals surface area contributed by atoms with E-state index in [1.54, 1.807) is 18.4 Å². The van der Waals surface area contributed by atoms with Gasteiger partial charge in [0.1, 0.15) is 11.6 Å². The summed E-state index contributed by atoms with van der Waals surface area (Å²) in [5.74, 6) is 1.33. The van der Waals surface area contributed by atoms with Crippen LogP contribution in [0.2, 0.25) is 0 Å². The first-order chi connectivity index (χ1) is 10.7. The van der Waals surface area contributed by atoms with Crippen LogP contribution in [-0.2, 0) is 13.0 Å². The fraction of sp³-hybridized carbons (Fsp3) is 0.312. The molecule has 0 radical (unpaired) electrons. The quantitative estimate of drug-likeness (QED) is 0.606. The summed E-state index contributed by atoms with van der Waals surface area (Å²) in [5, 5.41) is 6.35. The van der Waals surface area contributed by atoms with Crippen molar-refractivity contribution in [2.45, 2.75) is 19.9 Å². The first-order valence-electron chi connectivity index (χ1n) is 7.17. The minimum Gasteiger partial charge on any atom is -0.469 e. The van der Waals surface area contributed by atoms with Crippen LogP contribution >= 0.6 is 15.9 Å². The third kappa shape index (κ3) is 5.18. The minimum absolute atomic E-state index is 0.251. The third-order valence-corrected chi connectivity index (χ3v) is 3.50. The van der Waals surface area contributed by atoms with E-state index < -0.39 is 0 Å². The zero-order valence-electron chi connectivity index (χ0n) is 12.4. The van der Waals surface area contributed by atoms with Gasteiger partial charge >= 0.3 is 0 Å². The van der Waals surface area contributed by atoms with Gasteiger partial charge in [-0.1, -0.05) is 15.9 Å². The molecule has 118 valence electrons. The second-order valence-corrected chi connectivity index (χ2v) is 5.60. The number of hydrogen-bond donors (Lipinski definition) is 2. The molecule has 1 heterocycles. The van der Waals surface area contributed by atoms with Crippen LogP contribution in [0, 0.1) is 5.82 Å². The van der Waals surface area contributed by atoms with Gasteiger partial charge in [0, 0.05) is 29.5 Å². The summed E-state index contributed by atoms with van der Waals surface area (Å²) >= 11 is 3.34. The molecular formula is C16H19BrFN3O. The lowest BCUT2D eigenvalue weighted by molar-refractivity contribution is 0.507. The zero-order valence-corrected chi connectivity index (χ0v) is 14.0. The van der Waals surface area contributed by atoms with Crippen LogP contribution in [0.1, 0.15) is 18.2 Å². The molecule has 0 unspecified atom stereocenters. The van der Waals surface area contributed by atoms with E-state index in [1.807, 2.05) is 19.1 Å². The van der Waals surface area contributed by atoms with Gasteiger partial charge in [-0.2, -0.15) is 0 Å². The first kappa shape index (κ1) is 16.5. The molecule has 0 fully saturated rings. The topological polar surface area (TPSA) is 49.6 Å². The van der Waals surface area contributed by atoms with Crippen LogP contribution in [-0.4, -0.2) is 19.0 Å². The fourth-order valence-electron chi connectivity index (χ4n) is 1.93. The van der Waals surface area contributed by atoms with E-state index in [2.05, 4.69) is 31.6 Å². The fourth-order valence-corrected chi connectivity index (χ4v) is 2.34. The van der Waals surface area contributed by atoms with Gasteiger partial charge in [-0.3, -0.25) is 0 Å². The summed E-state index contributed by atoms with van der Waals surface area (Å²) in [6.07, 6.45) is 2.42. The SMILES string of the molecule is CCNC(=NCc1cc(Br)ccc1F)NCCc1ccco1. The molecule has 2 aromatic rings. The van der Waals surface area contributed by atoms with Crippen molar-refractivity contribution in [3.05, 3.63) is 58.2 Å². The van der Waals surface area contributed by atoms with Crippen molar-refractivity contribution in [1.29, 1.82) is 0 Å². The van der Waals surface area contributed by atoms with Crippen LogP contribution in [0.4, 0.5) is 4.39 Å². The van der Waals surface area contributed by atoms with Crippen molar-refractivity contribution in [3.63, 3.8) is 0 Å². The number of nitrogens with zero attached hydrogens (tertiary/aromatic N) is 1. The van der Waals surface area contributed by atoms with Gasteiger partial charge in [-0.15, -0.1) is 0 Å². The molecule has 0 spiro atoms. The Balaban J connectivity index is 1.92. The third-order valence-electron chi connectivity index (χ3n) is 3.00. The van der Waals surface area contributed by atoms with Crippen LogP contribution in [0.15, 0.2) is 50.5 Å². The number of furan rings is 1. The van der Waals surface area contributed by atoms with Crippen LogP contribution in [0.3, 0.4) is 0 Å². The highest BCUT2D eigenvalue weighted by Gasteiger charge is 2.04. The van der Waals surface area contributed by atoms with Crippen molar-refractivity contribution >= 4 is 21.9 Å². The van der Waals surface area contributed by atoms with Crippen LogP contribution in [0.25, 0.3) is 0 Å². The van der Waals surface area contributed by atoms with Crippen molar-refractivity contribution in [1.82, 2.24) is 10.6 Å². The van der Waals surface area contributed by atoms with E-state index in [4.69, 9.17) is 4.42 Å². The average Bonchev–Trinajstić information content (AvgIpc) is 3.01. The van der Waals surface area contributed by atoms with Gasteiger partial charge < -0.3 is 15.1 Å². The normalized spacial score (nSPS) is 11.5. The molecule has 2 N–H and O–H groups in total. The Labute approximate surface area is 138 Å². The van der Waals surface area contributed by atoms with Crippen molar-refractivity contribution in [2.75, 3.05) is 13.1 Å². The highest BCUT2D eigenvalue weighted by atomic mass is 79.9. The molecule has 0 aliphatic carbocycles. The summed E-state index contributed by atoms with van der Waals surface area (Å²) < 4.78 is 19.8. The number of guanidine groups is 1. The molecule has 0 aliphatic rings. The van der Waals surface area contributed by atoms with E-state index in [0.29, 0.717) is 18.1 Å². The number of halogens is 2. The average molecular weight is 368 g/mol. The molecule has 0 bridgehead atoms.